The van der Waals surface area contributed by atoms with Crippen LogP contribution in [0.4, 0.5) is 0 Å². The van der Waals surface area contributed by atoms with Gasteiger partial charge in [-0.1, -0.05) is 23.3 Å². The van der Waals surface area contributed by atoms with Gasteiger partial charge in [-0.05, 0) is 38.1 Å². The van der Waals surface area contributed by atoms with E-state index in [-0.39, 0.29) is 16.1 Å². The number of hydrazine groups is 2. The van der Waals surface area contributed by atoms with E-state index < -0.39 is 35.1 Å². The van der Waals surface area contributed by atoms with Crippen molar-refractivity contribution in [3.63, 3.8) is 0 Å². The zero-order valence-electron chi connectivity index (χ0n) is 15.0. The van der Waals surface area contributed by atoms with Crippen LogP contribution in [0.3, 0.4) is 0 Å². The van der Waals surface area contributed by atoms with Gasteiger partial charge in [0.2, 0.25) is 0 Å². The summed E-state index contributed by atoms with van der Waals surface area (Å²) in [6.07, 6.45) is 0. The zero-order valence-corrected chi connectivity index (χ0v) is 15.0. The van der Waals surface area contributed by atoms with E-state index in [1.165, 1.54) is 30.3 Å². The minimum Gasteiger partial charge on any atom is -0.507 e. The van der Waals surface area contributed by atoms with Crippen LogP contribution in [0.2, 0.25) is 0 Å². The molecule has 0 unspecified atom stereocenters. The lowest BCUT2D eigenvalue weighted by Gasteiger charge is -2.21. The maximum absolute atomic E-state index is 12.7. The summed E-state index contributed by atoms with van der Waals surface area (Å²) >= 11 is 0. The van der Waals surface area contributed by atoms with Crippen molar-refractivity contribution < 1.29 is 29.4 Å². The third-order valence-electron chi connectivity index (χ3n) is 3.72. The smallest absolute Gasteiger partial charge is 0.339 e. The van der Waals surface area contributed by atoms with Gasteiger partial charge in [0.05, 0.1) is 11.1 Å². The first-order valence-corrected chi connectivity index (χ1v) is 7.95. The molecule has 2 aromatic carbocycles. The highest BCUT2D eigenvalue weighted by atomic mass is 16.3. The molecule has 28 heavy (non-hydrogen) atoms. The molecule has 0 aliphatic heterocycles. The number of nitrogens with zero attached hydrogens (tertiary/aromatic N) is 1. The maximum Gasteiger partial charge on any atom is 0.339 e. The quantitative estimate of drug-likeness (QED) is 0.210. The largest absolute Gasteiger partial charge is 0.507 e. The van der Waals surface area contributed by atoms with Gasteiger partial charge in [0.15, 0.2) is 0 Å². The molecule has 2 aromatic rings. The highest BCUT2D eigenvalue weighted by Gasteiger charge is 2.32. The van der Waals surface area contributed by atoms with Crippen LogP contribution >= 0.6 is 0 Å². The molecule has 0 aromatic heterocycles. The number of nitrogens with two attached hydrogens (primary N) is 1. The zero-order chi connectivity index (χ0) is 21.0. The Balaban J connectivity index is 2.45. The molecular formula is C18H18N4O6. The molecule has 0 aliphatic rings. The number of imide groups is 1. The number of amides is 4. The molecule has 0 fully saturated rings. The van der Waals surface area contributed by atoms with Crippen molar-refractivity contribution >= 4 is 23.6 Å². The highest BCUT2D eigenvalue weighted by molar-refractivity contribution is 6.38. The molecule has 6 N–H and O–H groups in total. The molecule has 0 atom stereocenters. The van der Waals surface area contributed by atoms with Crippen LogP contribution in [0.1, 0.15) is 31.8 Å². The van der Waals surface area contributed by atoms with Gasteiger partial charge in [-0.3, -0.25) is 30.0 Å². The van der Waals surface area contributed by atoms with Gasteiger partial charge >= 0.3 is 11.8 Å². The molecule has 0 radical (unpaired) electrons. The van der Waals surface area contributed by atoms with E-state index in [4.69, 9.17) is 5.84 Å². The van der Waals surface area contributed by atoms with Crippen molar-refractivity contribution in [3.05, 3.63) is 58.7 Å². The van der Waals surface area contributed by atoms with E-state index in [2.05, 4.69) is 0 Å². The van der Waals surface area contributed by atoms with Gasteiger partial charge < -0.3 is 10.2 Å². The van der Waals surface area contributed by atoms with Crippen LogP contribution in [0, 0.1) is 13.8 Å². The molecule has 4 amide bonds. The summed E-state index contributed by atoms with van der Waals surface area (Å²) in [4.78, 5) is 49.1. The van der Waals surface area contributed by atoms with Crippen LogP contribution in [-0.2, 0) is 9.59 Å². The Morgan fingerprint density at radius 3 is 1.93 bits per heavy atom. The van der Waals surface area contributed by atoms with Crippen molar-refractivity contribution in [2.45, 2.75) is 13.8 Å². The third-order valence-corrected chi connectivity index (χ3v) is 3.72. The molecule has 0 bridgehead atoms. The average Bonchev–Trinajstić information content (AvgIpc) is 2.67. The number of phenols is 2. The minimum atomic E-state index is -1.49. The molecule has 0 heterocycles. The summed E-state index contributed by atoms with van der Waals surface area (Å²) in [6.45, 7) is 3.30. The van der Waals surface area contributed by atoms with Gasteiger partial charge in [-0.15, -0.1) is 0 Å². The van der Waals surface area contributed by atoms with E-state index in [1.54, 1.807) is 25.3 Å². The van der Waals surface area contributed by atoms with Crippen LogP contribution < -0.4 is 16.7 Å². The molecule has 0 saturated carbocycles. The Morgan fingerprint density at radius 2 is 1.39 bits per heavy atom. The molecule has 10 heteroatoms. The number of phenolic OH excluding ortho intramolecular Hbond substituents is 2. The fraction of sp³-hybridized carbons (Fsp3) is 0.111. The summed E-state index contributed by atoms with van der Waals surface area (Å²) in [5.41, 5.74) is 4.19. The molecule has 10 nitrogen and oxygen atoms in total. The Bertz CT molecular complexity index is 973. The summed E-state index contributed by atoms with van der Waals surface area (Å²) in [5, 5.41) is 19.9. The number of nitrogens with one attached hydrogen (secondary N) is 2. The summed E-state index contributed by atoms with van der Waals surface area (Å²) in [7, 11) is 0. The molecule has 0 aliphatic carbocycles. The van der Waals surface area contributed by atoms with E-state index in [1.807, 2.05) is 5.43 Å². The van der Waals surface area contributed by atoms with Gasteiger partial charge in [-0.2, -0.15) is 5.01 Å². The second kappa shape index (κ2) is 8.18. The number of carbonyl (C=O) groups is 4. The Labute approximate surface area is 159 Å². The fourth-order valence-electron chi connectivity index (χ4n) is 2.29. The highest BCUT2D eigenvalue weighted by Crippen LogP contribution is 2.21. The van der Waals surface area contributed by atoms with Gasteiger partial charge in [0.1, 0.15) is 11.5 Å². The predicted octanol–water partition coefficient (Wildman–Crippen LogP) is 0.0183. The second-order valence-corrected chi connectivity index (χ2v) is 5.90. The first-order chi connectivity index (χ1) is 13.1. The molecule has 0 spiro atoms. The van der Waals surface area contributed by atoms with Crippen molar-refractivity contribution in [2.24, 2.45) is 5.84 Å². The predicted molar refractivity (Wildman–Crippen MR) is 96.7 cm³/mol. The minimum absolute atomic E-state index is 0.112. The lowest BCUT2D eigenvalue weighted by Crippen LogP contribution is -2.55. The monoisotopic (exact) mass is 386 g/mol. The Hall–Kier alpha value is -3.92. The van der Waals surface area contributed by atoms with Gasteiger partial charge in [0.25, 0.3) is 11.8 Å². The van der Waals surface area contributed by atoms with Gasteiger partial charge in [0, 0.05) is 0 Å². The SMILES string of the molecule is Cc1ccc(O)c(C(=O)NN(C(=O)C(=O)NN)C(=O)c2cc(C)ccc2O)c1. The topological polar surface area (TPSA) is 162 Å². The Kier molecular flexibility index (Phi) is 5.96. The number of rotatable bonds is 2. The summed E-state index contributed by atoms with van der Waals surface area (Å²) < 4.78 is 0. The first-order valence-electron chi connectivity index (χ1n) is 7.95. The number of aromatic hydroxyl groups is 2. The molecule has 0 saturated heterocycles. The lowest BCUT2D eigenvalue weighted by atomic mass is 10.1. The first kappa shape index (κ1) is 20.4. The van der Waals surface area contributed by atoms with E-state index >= 15 is 0 Å². The Morgan fingerprint density at radius 1 is 0.893 bits per heavy atom. The number of benzene rings is 2. The van der Waals surface area contributed by atoms with Crippen molar-refractivity contribution in [1.29, 1.82) is 0 Å². The average molecular weight is 386 g/mol. The van der Waals surface area contributed by atoms with Gasteiger partial charge in [-0.25, -0.2) is 5.84 Å². The van der Waals surface area contributed by atoms with Crippen molar-refractivity contribution in [3.8, 4) is 11.5 Å². The number of hydrogen-bond acceptors (Lipinski definition) is 7. The molecule has 2 rings (SSSR count). The maximum atomic E-state index is 12.7. The van der Waals surface area contributed by atoms with Crippen LogP contribution in [0.15, 0.2) is 36.4 Å². The number of carbonyl (C=O) groups excluding carboxylic acids is 4. The van der Waals surface area contributed by atoms with E-state index in [0.29, 0.717) is 11.1 Å². The summed E-state index contributed by atoms with van der Waals surface area (Å²) in [5.74, 6) is -1.00. The fourth-order valence-corrected chi connectivity index (χ4v) is 2.29. The molecule has 146 valence electrons. The van der Waals surface area contributed by atoms with Crippen molar-refractivity contribution in [2.75, 3.05) is 0 Å². The van der Waals surface area contributed by atoms with Crippen LogP contribution in [0.25, 0.3) is 0 Å². The van der Waals surface area contributed by atoms with Crippen LogP contribution in [0.5, 0.6) is 11.5 Å². The van der Waals surface area contributed by atoms with Crippen LogP contribution in [-0.4, -0.2) is 38.9 Å². The number of aryl methyl sites for hydroxylation is 2. The summed E-state index contributed by atoms with van der Waals surface area (Å²) in [6, 6.07) is 8.15. The normalized spacial score (nSPS) is 10.1. The number of hydrogen-bond donors (Lipinski definition) is 5. The van der Waals surface area contributed by atoms with E-state index in [9.17, 15) is 29.4 Å². The standard InChI is InChI=1S/C18H18N4O6/c1-9-3-5-13(23)11(7-9)15(25)21-22(18(28)16(26)20-19)17(27)12-8-10(2)4-6-14(12)24/h3-8,23-24H,19H2,1-2H3,(H,20,26)(H,21,25). The third kappa shape index (κ3) is 4.24. The van der Waals surface area contributed by atoms with E-state index in [0.717, 1.165) is 0 Å². The van der Waals surface area contributed by atoms with Crippen molar-refractivity contribution in [1.82, 2.24) is 15.9 Å². The second-order valence-electron chi connectivity index (χ2n) is 5.90. The lowest BCUT2D eigenvalue weighted by molar-refractivity contribution is -0.145. The molecular weight excluding hydrogens is 368 g/mol.